The van der Waals surface area contributed by atoms with Crippen LogP contribution in [0, 0.1) is 0 Å². The number of carbonyl (C=O) groups is 1. The molecule has 0 aliphatic heterocycles. The second kappa shape index (κ2) is 10.4. The number of phenols is 1. The molecule has 1 aromatic carbocycles. The number of aromatic hydroxyl groups is 1. The standard InChI is InChI=1S/C13H15N3O3.2Na/c17-12-6-2-1-5-10(12)11-9-14-15-16(11)8-4-3-7-13(18)19;;/h1-2,5-6,9,17H,3-4,7-8H2,(H,18,19);;. The second-order valence-corrected chi connectivity index (χ2v) is 4.21. The second-order valence-electron chi connectivity index (χ2n) is 4.21. The third-order valence-corrected chi connectivity index (χ3v) is 2.81. The Bertz CT molecular complexity index is 575. The first-order valence-electron chi connectivity index (χ1n) is 6.07. The number of aromatic nitrogens is 3. The molecular weight excluding hydrogens is 292 g/mol. The molecule has 0 aliphatic rings. The molecule has 2 radical (unpaired) electrons. The van der Waals surface area contributed by atoms with Gasteiger partial charge in [0, 0.05) is 77.6 Å². The van der Waals surface area contributed by atoms with Gasteiger partial charge in [-0.1, -0.05) is 17.3 Å². The van der Waals surface area contributed by atoms with Crippen LogP contribution in [0.1, 0.15) is 19.3 Å². The number of nitrogens with zero attached hydrogens (tertiary/aromatic N) is 3. The summed E-state index contributed by atoms with van der Waals surface area (Å²) in [6.45, 7) is 0.580. The molecule has 0 saturated heterocycles. The van der Waals surface area contributed by atoms with Crippen molar-refractivity contribution in [2.45, 2.75) is 25.8 Å². The molecule has 2 rings (SSSR count). The number of rotatable bonds is 6. The zero-order valence-corrected chi connectivity index (χ0v) is 16.4. The van der Waals surface area contributed by atoms with Crippen LogP contribution >= 0.6 is 0 Å². The zero-order valence-electron chi connectivity index (χ0n) is 12.4. The van der Waals surface area contributed by atoms with Crippen LogP contribution in [-0.2, 0) is 11.3 Å². The van der Waals surface area contributed by atoms with E-state index in [1.807, 2.05) is 6.07 Å². The SMILES string of the molecule is O=C(O)CCCCn1nncc1-c1ccccc1O.[Na].[Na]. The molecule has 1 heterocycles. The average Bonchev–Trinajstić information content (AvgIpc) is 2.83. The Morgan fingerprint density at radius 2 is 1.90 bits per heavy atom. The Balaban J connectivity index is 0.00000200. The van der Waals surface area contributed by atoms with Gasteiger partial charge in [0.15, 0.2) is 0 Å². The predicted octanol–water partition coefficient (Wildman–Crippen LogP) is 1.14. The third kappa shape index (κ3) is 6.10. The van der Waals surface area contributed by atoms with Crippen LogP contribution in [0.5, 0.6) is 5.75 Å². The average molecular weight is 307 g/mol. The van der Waals surface area contributed by atoms with E-state index < -0.39 is 5.97 Å². The first kappa shape index (κ1) is 20.6. The Morgan fingerprint density at radius 3 is 2.57 bits per heavy atom. The van der Waals surface area contributed by atoms with Crippen molar-refractivity contribution in [1.82, 2.24) is 15.0 Å². The Kier molecular flexibility index (Phi) is 10.2. The summed E-state index contributed by atoms with van der Waals surface area (Å²) in [4.78, 5) is 10.4. The smallest absolute Gasteiger partial charge is 0.303 e. The number of aryl methyl sites for hydroxylation is 1. The number of para-hydroxylation sites is 1. The Morgan fingerprint density at radius 1 is 1.19 bits per heavy atom. The van der Waals surface area contributed by atoms with Gasteiger partial charge < -0.3 is 10.2 Å². The monoisotopic (exact) mass is 307 g/mol. The largest absolute Gasteiger partial charge is 0.507 e. The number of carboxylic acid groups (broad SMARTS) is 1. The van der Waals surface area contributed by atoms with Crippen LogP contribution in [0.3, 0.4) is 0 Å². The number of unbranched alkanes of at least 4 members (excludes halogenated alkanes) is 1. The molecule has 0 fully saturated rings. The molecule has 0 aliphatic carbocycles. The van der Waals surface area contributed by atoms with Gasteiger partial charge in [0.1, 0.15) is 5.75 Å². The summed E-state index contributed by atoms with van der Waals surface area (Å²) < 4.78 is 1.68. The minimum Gasteiger partial charge on any atom is -0.507 e. The van der Waals surface area contributed by atoms with Crippen LogP contribution in [0.4, 0.5) is 0 Å². The molecule has 0 spiro atoms. The molecule has 1 aromatic heterocycles. The van der Waals surface area contributed by atoms with Gasteiger partial charge in [-0.2, -0.15) is 0 Å². The summed E-state index contributed by atoms with van der Waals surface area (Å²) in [5.41, 5.74) is 1.40. The number of carboxylic acids is 1. The van der Waals surface area contributed by atoms with Crippen LogP contribution in [0.15, 0.2) is 30.5 Å². The van der Waals surface area contributed by atoms with E-state index in [-0.39, 0.29) is 71.3 Å². The summed E-state index contributed by atoms with van der Waals surface area (Å²) in [5.74, 6) is -0.615. The van der Waals surface area contributed by atoms with Gasteiger partial charge >= 0.3 is 5.97 Å². The molecule has 0 atom stereocenters. The number of phenolic OH excluding ortho intramolecular Hbond substituents is 1. The van der Waals surface area contributed by atoms with Crippen LogP contribution < -0.4 is 0 Å². The summed E-state index contributed by atoms with van der Waals surface area (Å²) >= 11 is 0. The minimum atomic E-state index is -0.792. The van der Waals surface area contributed by atoms with Crippen LogP contribution in [0.2, 0.25) is 0 Å². The van der Waals surface area contributed by atoms with Gasteiger partial charge in [0.05, 0.1) is 11.9 Å². The summed E-state index contributed by atoms with van der Waals surface area (Å²) in [6, 6.07) is 6.98. The molecule has 0 unspecified atom stereocenters. The van der Waals surface area contributed by atoms with Crippen molar-refractivity contribution in [3.63, 3.8) is 0 Å². The van der Waals surface area contributed by atoms with Crippen molar-refractivity contribution in [3.8, 4) is 17.0 Å². The number of hydrogen-bond acceptors (Lipinski definition) is 4. The van der Waals surface area contributed by atoms with Crippen LogP contribution in [-0.4, -0.2) is 90.3 Å². The maximum atomic E-state index is 10.4. The molecule has 8 heteroatoms. The number of benzene rings is 1. The van der Waals surface area contributed by atoms with E-state index >= 15 is 0 Å². The number of aliphatic carboxylic acids is 1. The maximum Gasteiger partial charge on any atom is 0.303 e. The molecule has 21 heavy (non-hydrogen) atoms. The van der Waals surface area contributed by atoms with Crippen LogP contribution in [0.25, 0.3) is 11.3 Å². The summed E-state index contributed by atoms with van der Waals surface area (Å²) in [5, 5.41) is 26.2. The van der Waals surface area contributed by atoms with E-state index in [1.54, 1.807) is 29.1 Å². The third-order valence-electron chi connectivity index (χ3n) is 2.81. The van der Waals surface area contributed by atoms with E-state index in [0.717, 1.165) is 5.69 Å². The van der Waals surface area contributed by atoms with E-state index in [9.17, 15) is 9.90 Å². The van der Waals surface area contributed by atoms with Gasteiger partial charge in [-0.25, -0.2) is 4.68 Å². The van der Waals surface area contributed by atoms with Crippen molar-refractivity contribution < 1.29 is 15.0 Å². The van der Waals surface area contributed by atoms with Gasteiger partial charge in [-0.3, -0.25) is 4.79 Å². The predicted molar refractivity (Wildman–Crippen MR) is 80.1 cm³/mol. The molecule has 6 nitrogen and oxygen atoms in total. The molecular formula is C13H15N3Na2O3. The fraction of sp³-hybridized carbons (Fsp3) is 0.308. The zero-order chi connectivity index (χ0) is 13.7. The first-order valence-corrected chi connectivity index (χ1v) is 6.07. The van der Waals surface area contributed by atoms with E-state index in [2.05, 4.69) is 10.3 Å². The van der Waals surface area contributed by atoms with E-state index in [0.29, 0.717) is 24.9 Å². The molecule has 2 aromatic rings. The fourth-order valence-electron chi connectivity index (χ4n) is 1.86. The molecule has 102 valence electrons. The summed E-state index contributed by atoms with van der Waals surface area (Å²) in [6.07, 6.45) is 3.04. The first-order chi connectivity index (χ1) is 9.18. The van der Waals surface area contributed by atoms with Crippen molar-refractivity contribution in [2.75, 3.05) is 0 Å². The maximum absolute atomic E-state index is 10.4. The quantitative estimate of drug-likeness (QED) is 0.617. The normalized spacial score (nSPS) is 9.52. The Hall–Kier alpha value is -0.370. The molecule has 0 saturated carbocycles. The minimum absolute atomic E-state index is 0. The molecule has 0 amide bonds. The summed E-state index contributed by atoms with van der Waals surface area (Å²) in [7, 11) is 0. The van der Waals surface area contributed by atoms with Gasteiger partial charge in [0.25, 0.3) is 0 Å². The van der Waals surface area contributed by atoms with Gasteiger partial charge in [0.2, 0.25) is 0 Å². The van der Waals surface area contributed by atoms with Gasteiger partial charge in [-0.05, 0) is 25.0 Å². The van der Waals surface area contributed by atoms with E-state index in [1.165, 1.54) is 0 Å². The number of hydrogen-bond donors (Lipinski definition) is 2. The Labute approximate surface area is 167 Å². The molecule has 2 N–H and O–H groups in total. The van der Waals surface area contributed by atoms with Crippen molar-refractivity contribution in [1.29, 1.82) is 0 Å². The van der Waals surface area contributed by atoms with Crippen molar-refractivity contribution in [2.24, 2.45) is 0 Å². The van der Waals surface area contributed by atoms with Crippen molar-refractivity contribution >= 4 is 65.1 Å². The van der Waals surface area contributed by atoms with Gasteiger partial charge in [-0.15, -0.1) is 5.10 Å². The van der Waals surface area contributed by atoms with E-state index in [4.69, 9.17) is 5.11 Å². The topological polar surface area (TPSA) is 88.2 Å². The fourth-order valence-corrected chi connectivity index (χ4v) is 1.86. The molecule has 0 bridgehead atoms. The van der Waals surface area contributed by atoms with Crippen molar-refractivity contribution in [3.05, 3.63) is 30.5 Å².